The summed E-state index contributed by atoms with van der Waals surface area (Å²) in [7, 11) is 3.44. The van der Waals surface area contributed by atoms with E-state index in [-0.39, 0.29) is 5.97 Å². The first-order valence-electron chi connectivity index (χ1n) is 5.96. The first kappa shape index (κ1) is 13.6. The maximum absolute atomic E-state index is 11.1. The summed E-state index contributed by atoms with van der Waals surface area (Å²) in [5.74, 6) is -0.163. The number of hydrogen-bond donors (Lipinski definition) is 0. The molecule has 3 nitrogen and oxygen atoms in total. The molecule has 0 aliphatic heterocycles. The van der Waals surface area contributed by atoms with Crippen molar-refractivity contribution in [2.45, 2.75) is 26.7 Å². The lowest BCUT2D eigenvalue weighted by atomic mass is 10.0. The molecule has 0 radical (unpaired) electrons. The topological polar surface area (TPSA) is 29.5 Å². The smallest absolute Gasteiger partial charge is 0.307 e. The number of nitrogens with zero attached hydrogens (tertiary/aromatic N) is 1. The molecule has 94 valence electrons. The minimum Gasteiger partial charge on any atom is -0.469 e. The van der Waals surface area contributed by atoms with E-state index in [9.17, 15) is 4.79 Å². The van der Waals surface area contributed by atoms with Gasteiger partial charge in [0, 0.05) is 19.3 Å². The number of ether oxygens (including phenoxy) is 1. The van der Waals surface area contributed by atoms with E-state index in [0.717, 1.165) is 6.42 Å². The van der Waals surface area contributed by atoms with Crippen molar-refractivity contribution in [2.75, 3.05) is 25.6 Å². The molecule has 3 heteroatoms. The average molecular weight is 235 g/mol. The van der Waals surface area contributed by atoms with E-state index >= 15 is 0 Å². The lowest BCUT2D eigenvalue weighted by molar-refractivity contribution is -0.140. The Morgan fingerprint density at radius 1 is 1.41 bits per heavy atom. The van der Waals surface area contributed by atoms with Crippen LogP contribution in [0.5, 0.6) is 0 Å². The number of carbonyl (C=O) groups excluding carboxylic acids is 1. The van der Waals surface area contributed by atoms with E-state index in [4.69, 9.17) is 0 Å². The first-order valence-corrected chi connectivity index (χ1v) is 5.96. The Kier molecular flexibility index (Phi) is 5.01. The third-order valence-corrected chi connectivity index (χ3v) is 2.96. The highest BCUT2D eigenvalue weighted by molar-refractivity contribution is 5.70. The van der Waals surface area contributed by atoms with Crippen molar-refractivity contribution in [2.24, 2.45) is 0 Å². The van der Waals surface area contributed by atoms with E-state index in [1.54, 1.807) is 0 Å². The van der Waals surface area contributed by atoms with Crippen LogP contribution in [-0.4, -0.2) is 26.7 Å². The number of esters is 1. The second-order valence-electron chi connectivity index (χ2n) is 4.18. The standard InChI is InChI=1S/C14H21NO2/c1-5-12-8-6-7-11(2)14(12)15(3)10-9-13(16)17-4/h6-8H,5,9-10H2,1-4H3. The van der Waals surface area contributed by atoms with E-state index in [1.165, 1.54) is 23.9 Å². The highest BCUT2D eigenvalue weighted by atomic mass is 16.5. The van der Waals surface area contributed by atoms with Crippen LogP contribution < -0.4 is 4.90 Å². The Morgan fingerprint density at radius 3 is 2.71 bits per heavy atom. The molecule has 0 aromatic heterocycles. The van der Waals surface area contributed by atoms with Crippen LogP contribution in [0.25, 0.3) is 0 Å². The SMILES string of the molecule is CCc1cccc(C)c1N(C)CCC(=O)OC. The predicted octanol–water partition coefficient (Wildman–Crippen LogP) is 2.56. The van der Waals surface area contributed by atoms with Gasteiger partial charge in [-0.1, -0.05) is 25.1 Å². The highest BCUT2D eigenvalue weighted by Gasteiger charge is 2.10. The first-order chi connectivity index (χ1) is 8.10. The summed E-state index contributed by atoms with van der Waals surface area (Å²) >= 11 is 0. The van der Waals surface area contributed by atoms with Gasteiger partial charge in [-0.2, -0.15) is 0 Å². The van der Waals surface area contributed by atoms with Crippen molar-refractivity contribution >= 4 is 11.7 Å². The van der Waals surface area contributed by atoms with Gasteiger partial charge in [-0.25, -0.2) is 0 Å². The second kappa shape index (κ2) is 6.28. The fourth-order valence-corrected chi connectivity index (χ4v) is 2.02. The minimum absolute atomic E-state index is 0.163. The summed E-state index contributed by atoms with van der Waals surface area (Å²) in [4.78, 5) is 13.3. The Morgan fingerprint density at radius 2 is 2.12 bits per heavy atom. The molecule has 0 bridgehead atoms. The van der Waals surface area contributed by atoms with Crippen LogP contribution in [0.1, 0.15) is 24.5 Å². The summed E-state index contributed by atoms with van der Waals surface area (Å²) in [6.07, 6.45) is 1.42. The fraction of sp³-hybridized carbons (Fsp3) is 0.500. The van der Waals surface area contributed by atoms with E-state index < -0.39 is 0 Å². The van der Waals surface area contributed by atoms with Crippen LogP contribution in [-0.2, 0) is 16.0 Å². The van der Waals surface area contributed by atoms with Crippen LogP contribution in [0, 0.1) is 6.92 Å². The maximum Gasteiger partial charge on any atom is 0.307 e. The molecule has 0 saturated heterocycles. The summed E-state index contributed by atoms with van der Waals surface area (Å²) in [6, 6.07) is 6.31. The number of para-hydroxylation sites is 1. The molecule has 0 atom stereocenters. The lowest BCUT2D eigenvalue weighted by Crippen LogP contribution is -2.23. The predicted molar refractivity (Wildman–Crippen MR) is 70.5 cm³/mol. The molecule has 1 rings (SSSR count). The van der Waals surface area contributed by atoms with E-state index in [0.29, 0.717) is 13.0 Å². The molecule has 1 aromatic carbocycles. The molecule has 0 N–H and O–H groups in total. The van der Waals surface area contributed by atoms with Gasteiger partial charge in [0.05, 0.1) is 13.5 Å². The zero-order valence-corrected chi connectivity index (χ0v) is 11.1. The van der Waals surface area contributed by atoms with Crippen LogP contribution in [0.3, 0.4) is 0 Å². The van der Waals surface area contributed by atoms with Crippen LogP contribution in [0.2, 0.25) is 0 Å². The van der Waals surface area contributed by atoms with Crippen LogP contribution in [0.4, 0.5) is 5.69 Å². The van der Waals surface area contributed by atoms with Gasteiger partial charge in [0.25, 0.3) is 0 Å². The van der Waals surface area contributed by atoms with Crippen molar-refractivity contribution in [3.05, 3.63) is 29.3 Å². The molecule has 17 heavy (non-hydrogen) atoms. The number of anilines is 1. The monoisotopic (exact) mass is 235 g/mol. The Hall–Kier alpha value is -1.51. The van der Waals surface area contributed by atoms with Crippen molar-refractivity contribution in [3.63, 3.8) is 0 Å². The molecular formula is C14H21NO2. The Labute approximate surface area is 103 Å². The fourth-order valence-electron chi connectivity index (χ4n) is 2.02. The van der Waals surface area contributed by atoms with E-state index in [1.807, 2.05) is 7.05 Å². The van der Waals surface area contributed by atoms with Gasteiger partial charge in [0.1, 0.15) is 0 Å². The molecular weight excluding hydrogens is 214 g/mol. The zero-order chi connectivity index (χ0) is 12.8. The molecule has 0 spiro atoms. The van der Waals surface area contributed by atoms with Crippen LogP contribution in [0.15, 0.2) is 18.2 Å². The molecule has 0 heterocycles. The summed E-state index contributed by atoms with van der Waals surface area (Å²) in [5, 5.41) is 0. The zero-order valence-electron chi connectivity index (χ0n) is 11.1. The molecule has 1 aromatic rings. The normalized spacial score (nSPS) is 10.1. The number of hydrogen-bond acceptors (Lipinski definition) is 3. The number of carbonyl (C=O) groups is 1. The second-order valence-corrected chi connectivity index (χ2v) is 4.18. The summed E-state index contributed by atoms with van der Waals surface area (Å²) < 4.78 is 4.66. The minimum atomic E-state index is -0.163. The lowest BCUT2D eigenvalue weighted by Gasteiger charge is -2.24. The van der Waals surface area contributed by atoms with E-state index in [2.05, 4.69) is 41.7 Å². The van der Waals surface area contributed by atoms with Crippen molar-refractivity contribution in [3.8, 4) is 0 Å². The Bertz CT molecular complexity index is 388. The van der Waals surface area contributed by atoms with Crippen molar-refractivity contribution < 1.29 is 9.53 Å². The van der Waals surface area contributed by atoms with Gasteiger partial charge in [0.15, 0.2) is 0 Å². The highest BCUT2D eigenvalue weighted by Crippen LogP contribution is 2.24. The maximum atomic E-state index is 11.1. The molecule has 0 saturated carbocycles. The third-order valence-electron chi connectivity index (χ3n) is 2.96. The number of methoxy groups -OCH3 is 1. The number of aryl methyl sites for hydroxylation is 2. The van der Waals surface area contributed by atoms with Gasteiger partial charge in [-0.05, 0) is 24.5 Å². The third kappa shape index (κ3) is 3.48. The van der Waals surface area contributed by atoms with Gasteiger partial charge in [-0.3, -0.25) is 4.79 Å². The molecule has 0 aliphatic rings. The summed E-state index contributed by atoms with van der Waals surface area (Å²) in [5.41, 5.74) is 3.80. The van der Waals surface area contributed by atoms with Gasteiger partial charge in [-0.15, -0.1) is 0 Å². The van der Waals surface area contributed by atoms with Gasteiger partial charge >= 0.3 is 5.97 Å². The number of rotatable bonds is 5. The van der Waals surface area contributed by atoms with Gasteiger partial charge < -0.3 is 9.64 Å². The molecule has 0 unspecified atom stereocenters. The number of benzene rings is 1. The van der Waals surface area contributed by atoms with Crippen molar-refractivity contribution in [1.29, 1.82) is 0 Å². The molecule has 0 fully saturated rings. The molecule has 0 aliphatic carbocycles. The van der Waals surface area contributed by atoms with Crippen LogP contribution >= 0.6 is 0 Å². The largest absolute Gasteiger partial charge is 0.469 e. The van der Waals surface area contributed by atoms with Crippen molar-refractivity contribution in [1.82, 2.24) is 0 Å². The quantitative estimate of drug-likeness (QED) is 0.735. The average Bonchev–Trinajstić information content (AvgIpc) is 2.34. The molecule has 0 amide bonds. The Balaban J connectivity index is 2.80. The summed E-state index contributed by atoms with van der Waals surface area (Å²) in [6.45, 7) is 4.93. The van der Waals surface area contributed by atoms with Gasteiger partial charge in [0.2, 0.25) is 0 Å².